The number of ether oxygens (including phenoxy) is 5. The second-order valence-corrected chi connectivity index (χ2v) is 30.4. The molecule has 5 amide bonds. The number of nitrogens with two attached hydrogens (primary N) is 1. The lowest BCUT2D eigenvalue weighted by Gasteiger charge is -2.16. The summed E-state index contributed by atoms with van der Waals surface area (Å²) >= 11 is 0. The van der Waals surface area contributed by atoms with E-state index in [-0.39, 0.29) is 42.5 Å². The van der Waals surface area contributed by atoms with Crippen LogP contribution in [0.2, 0.25) is 0 Å². The number of carbonyl (C=O) groups is 5. The number of hydrogen-bond acceptors (Lipinski definition) is 27. The molecular formula is C85H94FN25O12S. The second-order valence-electron chi connectivity index (χ2n) is 28.1. The molecule has 15 aromatic rings. The van der Waals surface area contributed by atoms with Crippen LogP contribution in [-0.2, 0) is 9.84 Å². The highest BCUT2D eigenvalue weighted by Gasteiger charge is 2.21. The van der Waals surface area contributed by atoms with Gasteiger partial charge in [-0.2, -0.15) is 24.9 Å². The molecule has 0 saturated heterocycles. The van der Waals surface area contributed by atoms with Gasteiger partial charge >= 0.3 is 0 Å². The van der Waals surface area contributed by atoms with Crippen molar-refractivity contribution in [3.63, 3.8) is 0 Å². The summed E-state index contributed by atoms with van der Waals surface area (Å²) < 4.78 is 69.7. The zero-order valence-corrected chi connectivity index (χ0v) is 71.5. The number of amides is 5. The molecule has 5 aromatic carbocycles. The summed E-state index contributed by atoms with van der Waals surface area (Å²) in [5, 5.41) is 42.5. The van der Waals surface area contributed by atoms with Gasteiger partial charge in [-0.25, -0.2) is 35.4 Å². The number of fused-ring (bicyclic) bond motifs is 5. The van der Waals surface area contributed by atoms with Crippen molar-refractivity contribution in [3.05, 3.63) is 238 Å². The minimum atomic E-state index is -3.14. The molecule has 0 aliphatic rings. The molecule has 0 unspecified atom stereocenters. The summed E-state index contributed by atoms with van der Waals surface area (Å²) in [5.74, 6) is 3.19. The fraction of sp³-hybridized carbons (Fsp3) is 0.235. The van der Waals surface area contributed by atoms with Crippen LogP contribution >= 0.6 is 0 Å². The van der Waals surface area contributed by atoms with Gasteiger partial charge in [0.2, 0.25) is 35.6 Å². The van der Waals surface area contributed by atoms with Gasteiger partial charge in [0.05, 0.1) is 69.7 Å². The number of carbonyl (C=O) groups excluding carboxylic acids is 5. The van der Waals surface area contributed by atoms with E-state index in [1.165, 1.54) is 26.2 Å². The second kappa shape index (κ2) is 40.5. The Morgan fingerprint density at radius 2 is 0.645 bits per heavy atom. The Labute approximate surface area is 712 Å². The van der Waals surface area contributed by atoms with E-state index in [0.717, 1.165) is 51.0 Å². The van der Waals surface area contributed by atoms with Crippen LogP contribution in [0.1, 0.15) is 86.5 Å². The number of aryl methyl sites for hydroxylation is 5. The Bertz CT molecular complexity index is 6510. The van der Waals surface area contributed by atoms with E-state index in [1.807, 2.05) is 133 Å². The number of nitrogens with one attached hydrogen (secondary N) is 7. The van der Waals surface area contributed by atoms with Crippen LogP contribution in [0, 0.1) is 34.6 Å². The lowest BCUT2D eigenvalue weighted by Crippen LogP contribution is -2.28. The molecule has 0 radical (unpaired) electrons. The van der Waals surface area contributed by atoms with E-state index < -0.39 is 22.4 Å². The molecule has 0 fully saturated rings. The zero-order valence-electron chi connectivity index (χ0n) is 70.7. The predicted molar refractivity (Wildman–Crippen MR) is 470 cm³/mol. The number of pyridine rings is 5. The third-order valence-corrected chi connectivity index (χ3v) is 19.2. The number of nitrogens with zero attached hydrogens (tertiary/aromatic N) is 17. The largest absolute Gasteiger partial charge is 0.495 e. The number of alkyl halides is 1. The third-order valence-electron chi connectivity index (χ3n) is 18.3. The van der Waals surface area contributed by atoms with Crippen molar-refractivity contribution < 1.29 is 60.5 Å². The first-order valence-electron chi connectivity index (χ1n) is 38.4. The molecule has 644 valence electrons. The SMILES string of the molecule is CCN(C)C(=O)c1ccc(Nc2nc3ccc(C)cn3n2)c(OC)c1.COc1cc(C(=O)N(C)C)ccc1Nc1nc2ccc(C)cn2n1.COc1cc(C(=O)NCCF)ccc1Nc1nc2ccc(C)cn2n1.COc1cc(C(=O)NCCS(C)(=O)=O)ccc1Nc1nc2ccc(C)cn2n1.COc1cc(C(N)=O)ccc1Nc1nc2ccc(C)cn2n1. The average molecular weight is 1710 g/mol. The summed E-state index contributed by atoms with van der Waals surface area (Å²) in [7, 11) is 9.70. The van der Waals surface area contributed by atoms with E-state index in [2.05, 4.69) is 87.6 Å². The van der Waals surface area contributed by atoms with Gasteiger partial charge in [0.25, 0.3) is 23.6 Å². The van der Waals surface area contributed by atoms with Gasteiger partial charge in [0, 0.05) is 106 Å². The summed E-state index contributed by atoms with van der Waals surface area (Å²) in [6.45, 7) is 11.9. The Morgan fingerprint density at radius 1 is 0.387 bits per heavy atom. The Morgan fingerprint density at radius 3 is 0.903 bits per heavy atom. The molecule has 10 heterocycles. The van der Waals surface area contributed by atoms with E-state index >= 15 is 0 Å². The smallest absolute Gasteiger partial charge is 0.253 e. The van der Waals surface area contributed by atoms with Crippen LogP contribution in [0.15, 0.2) is 183 Å². The average Bonchev–Trinajstić information content (AvgIpc) is 1.61. The number of anilines is 10. The lowest BCUT2D eigenvalue weighted by atomic mass is 10.1. The first-order valence-corrected chi connectivity index (χ1v) is 40.4. The maximum absolute atomic E-state index is 12.3. The van der Waals surface area contributed by atoms with Crippen molar-refractivity contribution in [1.82, 2.24) is 93.4 Å². The highest BCUT2D eigenvalue weighted by atomic mass is 32.2. The van der Waals surface area contributed by atoms with Crippen molar-refractivity contribution in [2.45, 2.75) is 41.5 Å². The van der Waals surface area contributed by atoms with E-state index in [1.54, 1.807) is 154 Å². The van der Waals surface area contributed by atoms with Crippen LogP contribution in [0.5, 0.6) is 28.7 Å². The van der Waals surface area contributed by atoms with E-state index in [0.29, 0.717) is 133 Å². The molecule has 37 nitrogen and oxygen atoms in total. The fourth-order valence-electron chi connectivity index (χ4n) is 11.8. The first kappa shape index (κ1) is 89.2. The van der Waals surface area contributed by atoms with Crippen molar-refractivity contribution in [2.75, 3.05) is 122 Å². The number of sulfone groups is 1. The van der Waals surface area contributed by atoms with E-state index in [4.69, 9.17) is 29.4 Å². The normalized spacial score (nSPS) is 10.8. The quantitative estimate of drug-likeness (QED) is 0.0250. The van der Waals surface area contributed by atoms with Crippen LogP contribution in [0.25, 0.3) is 28.2 Å². The number of aromatic nitrogens is 15. The number of halogens is 1. The summed E-state index contributed by atoms with van der Waals surface area (Å²) in [4.78, 5) is 84.8. The Hall–Kier alpha value is -15.6. The van der Waals surface area contributed by atoms with Crippen molar-refractivity contribution >= 4 is 126 Å². The van der Waals surface area contributed by atoms with Gasteiger partial charge in [0.1, 0.15) is 45.3 Å². The van der Waals surface area contributed by atoms with E-state index in [9.17, 15) is 36.8 Å². The minimum absolute atomic E-state index is 0.0221. The monoisotopic (exact) mass is 1710 g/mol. The zero-order chi connectivity index (χ0) is 89.1. The molecular weight excluding hydrogens is 1610 g/mol. The first-order chi connectivity index (χ1) is 59.4. The van der Waals surface area contributed by atoms with Crippen molar-refractivity contribution in [3.8, 4) is 28.7 Å². The van der Waals surface area contributed by atoms with Gasteiger partial charge < -0.3 is 76.4 Å². The molecule has 0 atom stereocenters. The molecule has 0 bridgehead atoms. The maximum Gasteiger partial charge on any atom is 0.253 e. The predicted octanol–water partition coefficient (Wildman–Crippen LogP) is 11.3. The highest BCUT2D eigenvalue weighted by molar-refractivity contribution is 7.90. The van der Waals surface area contributed by atoms with Gasteiger partial charge in [-0.3, -0.25) is 24.0 Å². The van der Waals surface area contributed by atoms with Gasteiger partial charge in [0.15, 0.2) is 28.2 Å². The topological polar surface area (TPSA) is 433 Å². The lowest BCUT2D eigenvalue weighted by molar-refractivity contribution is 0.0799. The minimum Gasteiger partial charge on any atom is -0.495 e. The molecule has 15 rings (SSSR count). The number of rotatable bonds is 26. The molecule has 124 heavy (non-hydrogen) atoms. The molecule has 10 aromatic heterocycles. The highest BCUT2D eigenvalue weighted by Crippen LogP contribution is 2.34. The fourth-order valence-corrected chi connectivity index (χ4v) is 12.3. The molecule has 0 saturated carbocycles. The summed E-state index contributed by atoms with van der Waals surface area (Å²) in [6, 6.07) is 44.5. The third kappa shape index (κ3) is 23.3. The molecule has 39 heteroatoms. The van der Waals surface area contributed by atoms with Crippen molar-refractivity contribution in [1.29, 1.82) is 0 Å². The van der Waals surface area contributed by atoms with Crippen LogP contribution in [0.3, 0.4) is 0 Å². The van der Waals surface area contributed by atoms with Gasteiger partial charge in [-0.15, -0.1) is 25.5 Å². The maximum atomic E-state index is 12.3. The standard InChI is InChI=1S/C18H21N5O4S.C18H21N5O2.C17H18FN5O2.C17H19N5O2.C15H15N5O2/c1-12-4-7-16-21-18(22-23(16)11-12)20-14-6-5-13(10-15(14)27-2)17(24)19-8-9-28(3,25)26;1-5-22(3)17(24)13-7-8-14(15(10-13)25-4)19-18-20-16-9-6-12(2)11-23(16)21-18;1-11-3-6-15-21-17(22-23(15)10-11)20-13-5-4-12(9-14(13)25-2)16(24)19-8-7-18;1-11-5-8-15-19-17(20-22(15)10-11)18-13-7-6-12(9-14(13)24-4)16(23)21(2)3;1-9-3-6-13-18-15(19-20(13)8-9)17-11-5-4-10(14(16)21)7-12(11)22-2/h4-7,10-11H,8-9H2,1-3H3,(H,19,24)(H,20,22);6-11H,5H2,1-4H3,(H,19,21);3-6,9-10H,7-8H2,1-2H3,(H,19,24)(H,20,22);5-10H,1-4H3,(H,18,20);3-8H,1-2H3,(H2,16,21)(H,17,19). The molecule has 0 aliphatic carbocycles. The number of methoxy groups -OCH3 is 5. The van der Waals surface area contributed by atoms with Crippen LogP contribution < -0.4 is 66.6 Å². The number of primary amides is 1. The summed E-state index contributed by atoms with van der Waals surface area (Å²) in [5.41, 5.74) is 19.9. The van der Waals surface area contributed by atoms with Gasteiger partial charge in [-0.05, 0) is 191 Å². The van der Waals surface area contributed by atoms with Crippen LogP contribution in [0.4, 0.5) is 62.6 Å². The van der Waals surface area contributed by atoms with Gasteiger partial charge in [-0.1, -0.05) is 30.3 Å². The Kier molecular flexibility index (Phi) is 29.1. The summed E-state index contributed by atoms with van der Waals surface area (Å²) in [6.07, 6.45) is 10.6. The molecule has 9 N–H and O–H groups in total. The van der Waals surface area contributed by atoms with Crippen LogP contribution in [-0.4, -0.2) is 216 Å². The number of hydrogen-bond donors (Lipinski definition) is 8. The van der Waals surface area contributed by atoms with Crippen molar-refractivity contribution in [2.24, 2.45) is 5.73 Å². The Balaban J connectivity index is 0.000000151. The molecule has 0 spiro atoms. The molecule has 0 aliphatic heterocycles. The number of benzene rings is 5.